The smallest absolute Gasteiger partial charge is 0.262 e. The van der Waals surface area contributed by atoms with Gasteiger partial charge in [-0.15, -0.1) is 0 Å². The van der Waals surface area contributed by atoms with Gasteiger partial charge in [0, 0.05) is 16.5 Å². The van der Waals surface area contributed by atoms with Crippen molar-refractivity contribution in [1.82, 2.24) is 0 Å². The van der Waals surface area contributed by atoms with E-state index in [1.54, 1.807) is 30.3 Å². The highest BCUT2D eigenvalue weighted by Crippen LogP contribution is 2.32. The van der Waals surface area contributed by atoms with Crippen LogP contribution < -0.4 is 9.46 Å². The molecule has 0 aromatic heterocycles. The summed E-state index contributed by atoms with van der Waals surface area (Å²) in [5, 5.41) is 1.44. The minimum atomic E-state index is -3.70. The van der Waals surface area contributed by atoms with Crippen LogP contribution in [0.15, 0.2) is 65.6 Å². The SMILES string of the molecule is CCCOc1ccc(S(=O)(=O)Nc2ccc(C)cc2)c2ccccc12. The van der Waals surface area contributed by atoms with Gasteiger partial charge in [0.1, 0.15) is 5.75 Å². The van der Waals surface area contributed by atoms with Crippen LogP contribution in [0.5, 0.6) is 5.75 Å². The van der Waals surface area contributed by atoms with Gasteiger partial charge in [0.15, 0.2) is 0 Å². The van der Waals surface area contributed by atoms with Gasteiger partial charge in [0.05, 0.1) is 11.5 Å². The zero-order valence-corrected chi connectivity index (χ0v) is 15.1. The fraction of sp³-hybridized carbons (Fsp3) is 0.200. The second kappa shape index (κ2) is 7.15. The molecule has 0 amide bonds. The topological polar surface area (TPSA) is 55.4 Å². The zero-order valence-electron chi connectivity index (χ0n) is 14.3. The molecule has 3 aromatic carbocycles. The highest BCUT2D eigenvalue weighted by Gasteiger charge is 2.19. The third kappa shape index (κ3) is 3.77. The average molecular weight is 355 g/mol. The van der Waals surface area contributed by atoms with E-state index < -0.39 is 10.0 Å². The molecule has 3 rings (SSSR count). The number of sulfonamides is 1. The fourth-order valence-corrected chi connectivity index (χ4v) is 3.92. The lowest BCUT2D eigenvalue weighted by Gasteiger charge is -2.14. The van der Waals surface area contributed by atoms with Crippen LogP contribution in [-0.4, -0.2) is 15.0 Å². The molecule has 0 heterocycles. The summed E-state index contributed by atoms with van der Waals surface area (Å²) in [6.07, 6.45) is 0.892. The first kappa shape index (κ1) is 17.3. The first-order valence-corrected chi connectivity index (χ1v) is 9.73. The van der Waals surface area contributed by atoms with Crippen LogP contribution in [0.4, 0.5) is 5.69 Å². The van der Waals surface area contributed by atoms with Gasteiger partial charge < -0.3 is 4.74 Å². The first-order chi connectivity index (χ1) is 12.0. The number of aryl methyl sites for hydroxylation is 1. The van der Waals surface area contributed by atoms with E-state index in [4.69, 9.17) is 4.74 Å². The van der Waals surface area contributed by atoms with Crippen LogP contribution in [0.2, 0.25) is 0 Å². The molecule has 0 saturated carbocycles. The predicted octanol–water partition coefficient (Wildman–Crippen LogP) is 4.74. The van der Waals surface area contributed by atoms with Crippen molar-refractivity contribution >= 4 is 26.5 Å². The lowest BCUT2D eigenvalue weighted by atomic mass is 10.1. The van der Waals surface area contributed by atoms with Crippen molar-refractivity contribution in [2.24, 2.45) is 0 Å². The van der Waals surface area contributed by atoms with E-state index in [1.165, 1.54) is 0 Å². The summed E-state index contributed by atoms with van der Waals surface area (Å²) < 4.78 is 34.1. The van der Waals surface area contributed by atoms with Crippen molar-refractivity contribution in [1.29, 1.82) is 0 Å². The van der Waals surface area contributed by atoms with Gasteiger partial charge in [-0.25, -0.2) is 8.42 Å². The minimum absolute atomic E-state index is 0.243. The van der Waals surface area contributed by atoms with Gasteiger partial charge in [-0.1, -0.05) is 48.9 Å². The number of hydrogen-bond donors (Lipinski definition) is 1. The van der Waals surface area contributed by atoms with Crippen molar-refractivity contribution < 1.29 is 13.2 Å². The van der Waals surface area contributed by atoms with E-state index in [-0.39, 0.29) is 4.90 Å². The van der Waals surface area contributed by atoms with Crippen LogP contribution in [0.1, 0.15) is 18.9 Å². The summed E-state index contributed by atoms with van der Waals surface area (Å²) in [7, 11) is -3.70. The zero-order chi connectivity index (χ0) is 17.9. The molecule has 0 spiro atoms. The van der Waals surface area contributed by atoms with Crippen molar-refractivity contribution in [3.8, 4) is 5.75 Å². The van der Waals surface area contributed by atoms with E-state index >= 15 is 0 Å². The van der Waals surface area contributed by atoms with Crippen LogP contribution in [-0.2, 0) is 10.0 Å². The molecule has 130 valence electrons. The van der Waals surface area contributed by atoms with Crippen molar-refractivity contribution in [3.63, 3.8) is 0 Å². The molecular weight excluding hydrogens is 334 g/mol. The highest BCUT2D eigenvalue weighted by molar-refractivity contribution is 7.93. The second-order valence-corrected chi connectivity index (χ2v) is 7.58. The third-order valence-electron chi connectivity index (χ3n) is 3.90. The standard InChI is InChI=1S/C20H21NO3S/c1-3-14-24-19-12-13-20(18-7-5-4-6-17(18)19)25(22,23)21-16-10-8-15(2)9-11-16/h4-13,21H,3,14H2,1-2H3. The lowest BCUT2D eigenvalue weighted by molar-refractivity contribution is 0.321. The molecular formula is C20H21NO3S. The van der Waals surface area contributed by atoms with Crippen molar-refractivity contribution in [2.45, 2.75) is 25.2 Å². The largest absolute Gasteiger partial charge is 0.493 e. The molecule has 1 N–H and O–H groups in total. The molecule has 0 fully saturated rings. The van der Waals surface area contributed by atoms with E-state index in [9.17, 15) is 8.42 Å². The van der Waals surface area contributed by atoms with Gasteiger partial charge in [0.2, 0.25) is 0 Å². The summed E-state index contributed by atoms with van der Waals surface area (Å²) in [5.74, 6) is 0.701. The Kier molecular flexibility index (Phi) is 4.95. The Hall–Kier alpha value is -2.53. The Morgan fingerprint density at radius 2 is 1.60 bits per heavy atom. The van der Waals surface area contributed by atoms with Gasteiger partial charge in [-0.05, 0) is 37.6 Å². The summed E-state index contributed by atoms with van der Waals surface area (Å²) in [4.78, 5) is 0.243. The number of rotatable bonds is 6. The predicted molar refractivity (Wildman–Crippen MR) is 102 cm³/mol. The van der Waals surface area contributed by atoms with Crippen LogP contribution in [0, 0.1) is 6.92 Å². The molecule has 5 heteroatoms. The monoisotopic (exact) mass is 355 g/mol. The van der Waals surface area contributed by atoms with E-state index in [0.29, 0.717) is 23.4 Å². The molecule has 25 heavy (non-hydrogen) atoms. The van der Waals surface area contributed by atoms with Gasteiger partial charge in [-0.3, -0.25) is 4.72 Å². The summed E-state index contributed by atoms with van der Waals surface area (Å²) in [6.45, 7) is 4.59. The third-order valence-corrected chi connectivity index (χ3v) is 5.34. The quantitative estimate of drug-likeness (QED) is 0.695. The molecule has 0 aliphatic heterocycles. The molecule has 0 aliphatic rings. The normalized spacial score (nSPS) is 11.4. The van der Waals surface area contributed by atoms with E-state index in [1.807, 2.05) is 44.2 Å². The molecule has 0 unspecified atom stereocenters. The van der Waals surface area contributed by atoms with Crippen LogP contribution in [0.3, 0.4) is 0 Å². The first-order valence-electron chi connectivity index (χ1n) is 8.25. The Bertz CT molecular complexity index is 979. The number of nitrogens with one attached hydrogen (secondary N) is 1. The molecule has 0 radical (unpaired) electrons. The molecule has 0 saturated heterocycles. The number of anilines is 1. The Balaban J connectivity index is 2.04. The minimum Gasteiger partial charge on any atom is -0.493 e. The molecule has 0 bridgehead atoms. The summed E-state index contributed by atoms with van der Waals surface area (Å²) in [5.41, 5.74) is 1.62. The summed E-state index contributed by atoms with van der Waals surface area (Å²) >= 11 is 0. The summed E-state index contributed by atoms with van der Waals surface area (Å²) in [6, 6.07) is 18.0. The number of hydrogen-bond acceptors (Lipinski definition) is 3. The Morgan fingerprint density at radius 3 is 2.28 bits per heavy atom. The second-order valence-electron chi connectivity index (χ2n) is 5.93. The number of ether oxygens (including phenoxy) is 1. The van der Waals surface area contributed by atoms with Crippen LogP contribution in [0.25, 0.3) is 10.8 Å². The lowest BCUT2D eigenvalue weighted by Crippen LogP contribution is -2.13. The van der Waals surface area contributed by atoms with E-state index in [0.717, 1.165) is 17.4 Å². The maximum Gasteiger partial charge on any atom is 0.262 e. The maximum atomic E-state index is 12.9. The molecule has 4 nitrogen and oxygen atoms in total. The van der Waals surface area contributed by atoms with E-state index in [2.05, 4.69) is 4.72 Å². The fourth-order valence-electron chi connectivity index (χ4n) is 2.65. The van der Waals surface area contributed by atoms with Crippen molar-refractivity contribution in [3.05, 3.63) is 66.2 Å². The maximum absolute atomic E-state index is 12.9. The molecule has 0 aliphatic carbocycles. The number of benzene rings is 3. The van der Waals surface area contributed by atoms with Crippen LogP contribution >= 0.6 is 0 Å². The highest BCUT2D eigenvalue weighted by atomic mass is 32.2. The number of fused-ring (bicyclic) bond motifs is 1. The average Bonchev–Trinajstić information content (AvgIpc) is 2.61. The Labute approximate surface area is 148 Å². The van der Waals surface area contributed by atoms with Gasteiger partial charge in [0.25, 0.3) is 10.0 Å². The Morgan fingerprint density at radius 1 is 0.920 bits per heavy atom. The van der Waals surface area contributed by atoms with Crippen molar-refractivity contribution in [2.75, 3.05) is 11.3 Å². The molecule has 0 atom stereocenters. The molecule has 3 aromatic rings. The van der Waals surface area contributed by atoms with Gasteiger partial charge >= 0.3 is 0 Å². The van der Waals surface area contributed by atoms with Gasteiger partial charge in [-0.2, -0.15) is 0 Å².